The van der Waals surface area contributed by atoms with Gasteiger partial charge in [0, 0.05) is 5.02 Å². The zero-order chi connectivity index (χ0) is 21.1. The molecule has 152 valence electrons. The van der Waals surface area contributed by atoms with Crippen molar-refractivity contribution < 1.29 is 13.2 Å². The monoisotopic (exact) mass is 422 g/mol. The zero-order valence-corrected chi connectivity index (χ0v) is 18.5. The predicted molar refractivity (Wildman–Crippen MR) is 115 cm³/mol. The number of hydrogen-bond donors (Lipinski definition) is 1. The number of anilines is 1. The Morgan fingerprint density at radius 3 is 2.32 bits per heavy atom. The normalized spacial score (nSPS) is 12.5. The van der Waals surface area contributed by atoms with Gasteiger partial charge in [0.15, 0.2) is 0 Å². The highest BCUT2D eigenvalue weighted by molar-refractivity contribution is 7.92. The lowest BCUT2D eigenvalue weighted by atomic mass is 9.97. The molecule has 0 bridgehead atoms. The average Bonchev–Trinajstić information content (AvgIpc) is 2.59. The standard InChI is InChI=1S/C21H27ClN2O3S/c1-6-20(18-10-7-14(2)11-16(18)4)23-21(25)13-24(28(5,26)27)17-9-8-15(3)19(22)12-17/h7-12,20H,6,13H2,1-5H3,(H,23,25)/t20-/m1/s1. The molecule has 0 aliphatic carbocycles. The van der Waals surface area contributed by atoms with E-state index in [1.165, 1.54) is 0 Å². The van der Waals surface area contributed by atoms with Crippen LogP contribution in [0.15, 0.2) is 36.4 Å². The molecule has 28 heavy (non-hydrogen) atoms. The van der Waals surface area contributed by atoms with Gasteiger partial charge in [0.05, 0.1) is 18.0 Å². The fourth-order valence-electron chi connectivity index (χ4n) is 3.12. The summed E-state index contributed by atoms with van der Waals surface area (Å²) in [6, 6.07) is 10.8. The van der Waals surface area contributed by atoms with Gasteiger partial charge in [-0.3, -0.25) is 9.10 Å². The minimum atomic E-state index is -3.65. The highest BCUT2D eigenvalue weighted by atomic mass is 35.5. The van der Waals surface area contributed by atoms with E-state index in [9.17, 15) is 13.2 Å². The summed E-state index contributed by atoms with van der Waals surface area (Å²) in [7, 11) is -3.65. The van der Waals surface area contributed by atoms with Crippen molar-refractivity contribution in [1.29, 1.82) is 0 Å². The Kier molecular flexibility index (Phi) is 7.12. The number of rotatable bonds is 7. The molecule has 0 saturated heterocycles. The largest absolute Gasteiger partial charge is 0.348 e. The maximum absolute atomic E-state index is 12.7. The Bertz CT molecular complexity index is 974. The fourth-order valence-corrected chi connectivity index (χ4v) is 4.15. The first-order valence-electron chi connectivity index (χ1n) is 9.13. The van der Waals surface area contributed by atoms with Crippen LogP contribution in [0.25, 0.3) is 0 Å². The van der Waals surface area contributed by atoms with Crippen LogP contribution >= 0.6 is 11.6 Å². The maximum atomic E-state index is 12.7. The third-order valence-electron chi connectivity index (χ3n) is 4.68. The summed E-state index contributed by atoms with van der Waals surface area (Å²) in [6.07, 6.45) is 1.78. The molecule has 0 aliphatic rings. The highest BCUT2D eigenvalue weighted by Gasteiger charge is 2.23. The van der Waals surface area contributed by atoms with E-state index in [0.717, 1.165) is 32.8 Å². The number of nitrogens with zero attached hydrogens (tertiary/aromatic N) is 1. The Balaban J connectivity index is 2.24. The second kappa shape index (κ2) is 8.97. The molecule has 0 spiro atoms. The molecular weight excluding hydrogens is 396 g/mol. The van der Waals surface area contributed by atoms with Gasteiger partial charge in [0.2, 0.25) is 15.9 Å². The van der Waals surface area contributed by atoms with Crippen LogP contribution in [0, 0.1) is 20.8 Å². The molecule has 0 aliphatic heterocycles. The van der Waals surface area contributed by atoms with Crippen LogP contribution in [0.3, 0.4) is 0 Å². The molecule has 2 aromatic carbocycles. The number of nitrogens with one attached hydrogen (secondary N) is 1. The van der Waals surface area contributed by atoms with Gasteiger partial charge in [-0.1, -0.05) is 48.4 Å². The summed E-state index contributed by atoms with van der Waals surface area (Å²) >= 11 is 6.14. The number of aryl methyl sites for hydroxylation is 3. The Labute approximate surface area is 172 Å². The highest BCUT2D eigenvalue weighted by Crippen LogP contribution is 2.25. The topological polar surface area (TPSA) is 66.5 Å². The van der Waals surface area contributed by atoms with E-state index in [1.54, 1.807) is 18.2 Å². The van der Waals surface area contributed by atoms with E-state index in [4.69, 9.17) is 11.6 Å². The summed E-state index contributed by atoms with van der Waals surface area (Å²) in [5.74, 6) is -0.367. The first-order valence-corrected chi connectivity index (χ1v) is 11.4. The summed E-state index contributed by atoms with van der Waals surface area (Å²) < 4.78 is 25.6. The Hall–Kier alpha value is -2.05. The van der Waals surface area contributed by atoms with Gasteiger partial charge < -0.3 is 5.32 Å². The van der Waals surface area contributed by atoms with Gasteiger partial charge in [-0.2, -0.15) is 0 Å². The SMILES string of the molecule is CC[C@@H](NC(=O)CN(c1ccc(C)c(Cl)c1)S(C)(=O)=O)c1ccc(C)cc1C. The first-order chi connectivity index (χ1) is 13.0. The smallest absolute Gasteiger partial charge is 0.241 e. The fraction of sp³-hybridized carbons (Fsp3) is 0.381. The summed E-state index contributed by atoms with van der Waals surface area (Å²) in [4.78, 5) is 12.7. The van der Waals surface area contributed by atoms with Crippen molar-refractivity contribution in [2.45, 2.75) is 40.2 Å². The van der Waals surface area contributed by atoms with Gasteiger partial charge in [0.1, 0.15) is 6.54 Å². The van der Waals surface area contributed by atoms with E-state index in [-0.39, 0.29) is 18.5 Å². The van der Waals surface area contributed by atoms with E-state index in [2.05, 4.69) is 11.4 Å². The van der Waals surface area contributed by atoms with Crippen molar-refractivity contribution in [1.82, 2.24) is 5.32 Å². The number of carbonyl (C=O) groups excluding carboxylic acids is 1. The Morgan fingerprint density at radius 2 is 1.79 bits per heavy atom. The number of halogens is 1. The molecule has 2 aromatic rings. The number of sulfonamides is 1. The van der Waals surface area contributed by atoms with Crippen LogP contribution in [0.2, 0.25) is 5.02 Å². The van der Waals surface area contributed by atoms with Gasteiger partial charge in [-0.25, -0.2) is 8.42 Å². The summed E-state index contributed by atoms with van der Waals surface area (Å²) in [6.45, 7) is 7.54. The second-order valence-corrected chi connectivity index (χ2v) is 9.41. The van der Waals surface area contributed by atoms with Crippen molar-refractivity contribution >= 4 is 33.2 Å². The lowest BCUT2D eigenvalue weighted by molar-refractivity contribution is -0.120. The average molecular weight is 423 g/mol. The molecular formula is C21H27ClN2O3S. The van der Waals surface area contributed by atoms with Gasteiger partial charge >= 0.3 is 0 Å². The molecule has 1 atom stereocenters. The van der Waals surface area contributed by atoms with E-state index < -0.39 is 10.0 Å². The molecule has 1 N–H and O–H groups in total. The quantitative estimate of drug-likeness (QED) is 0.723. The van der Waals surface area contributed by atoms with Crippen molar-refractivity contribution in [2.75, 3.05) is 17.1 Å². The summed E-state index contributed by atoms with van der Waals surface area (Å²) in [5, 5.41) is 3.42. The van der Waals surface area contributed by atoms with Gasteiger partial charge in [-0.05, 0) is 56.0 Å². The Morgan fingerprint density at radius 1 is 1.11 bits per heavy atom. The molecule has 5 nitrogen and oxygen atoms in total. The molecule has 0 aromatic heterocycles. The van der Waals surface area contributed by atoms with Crippen LogP contribution in [0.5, 0.6) is 0 Å². The van der Waals surface area contributed by atoms with Crippen molar-refractivity contribution in [3.63, 3.8) is 0 Å². The van der Waals surface area contributed by atoms with Crippen LogP contribution in [-0.4, -0.2) is 27.1 Å². The zero-order valence-electron chi connectivity index (χ0n) is 16.9. The number of amides is 1. The van der Waals surface area contributed by atoms with Crippen molar-refractivity contribution in [2.24, 2.45) is 0 Å². The predicted octanol–water partition coefficient (Wildman–Crippen LogP) is 4.30. The third-order valence-corrected chi connectivity index (χ3v) is 6.22. The van der Waals surface area contributed by atoms with E-state index in [1.807, 2.05) is 39.8 Å². The van der Waals surface area contributed by atoms with Crippen molar-refractivity contribution in [3.8, 4) is 0 Å². The summed E-state index contributed by atoms with van der Waals surface area (Å²) in [5.41, 5.74) is 4.49. The second-order valence-electron chi connectivity index (χ2n) is 7.09. The van der Waals surface area contributed by atoms with Crippen LogP contribution in [0.1, 0.15) is 41.6 Å². The molecule has 0 radical (unpaired) electrons. The van der Waals surface area contributed by atoms with Crippen LogP contribution in [0.4, 0.5) is 5.69 Å². The minimum Gasteiger partial charge on any atom is -0.348 e. The van der Waals surface area contributed by atoms with Gasteiger partial charge in [0.25, 0.3) is 0 Å². The number of hydrogen-bond acceptors (Lipinski definition) is 3. The van der Waals surface area contributed by atoms with E-state index in [0.29, 0.717) is 17.1 Å². The lowest BCUT2D eigenvalue weighted by Crippen LogP contribution is -2.41. The van der Waals surface area contributed by atoms with Crippen LogP contribution < -0.4 is 9.62 Å². The molecule has 7 heteroatoms. The molecule has 0 heterocycles. The molecule has 0 fully saturated rings. The van der Waals surface area contributed by atoms with Gasteiger partial charge in [-0.15, -0.1) is 0 Å². The van der Waals surface area contributed by atoms with Crippen LogP contribution in [-0.2, 0) is 14.8 Å². The number of carbonyl (C=O) groups is 1. The third kappa shape index (κ3) is 5.49. The lowest BCUT2D eigenvalue weighted by Gasteiger charge is -2.25. The molecule has 0 saturated carbocycles. The molecule has 1 amide bonds. The van der Waals surface area contributed by atoms with Crippen molar-refractivity contribution in [3.05, 3.63) is 63.7 Å². The first kappa shape index (κ1) is 22.2. The minimum absolute atomic E-state index is 0.184. The molecule has 0 unspecified atom stereocenters. The van der Waals surface area contributed by atoms with E-state index >= 15 is 0 Å². The molecule has 2 rings (SSSR count). The maximum Gasteiger partial charge on any atom is 0.241 e. The number of benzene rings is 2.